The van der Waals surface area contributed by atoms with Gasteiger partial charge in [-0.05, 0) is 13.8 Å². The van der Waals surface area contributed by atoms with Gasteiger partial charge in [0.1, 0.15) is 6.04 Å². The van der Waals surface area contributed by atoms with Crippen LogP contribution in [0.1, 0.15) is 19.4 Å². The lowest BCUT2D eigenvalue weighted by Gasteiger charge is -2.41. The lowest BCUT2D eigenvalue weighted by Crippen LogP contribution is -2.59. The summed E-state index contributed by atoms with van der Waals surface area (Å²) in [5, 5.41) is 6.98. The summed E-state index contributed by atoms with van der Waals surface area (Å²) in [7, 11) is 3.62. The number of aryl methyl sites for hydroxylation is 1. The molecule has 6 heteroatoms. The quantitative estimate of drug-likeness (QED) is 0.847. The Bertz CT molecular complexity index is 456. The van der Waals surface area contributed by atoms with Crippen LogP contribution in [0, 0.1) is 0 Å². The molecule has 0 unspecified atom stereocenters. The molecule has 1 aliphatic heterocycles. The average molecular weight is 279 g/mol. The van der Waals surface area contributed by atoms with Crippen LogP contribution in [-0.4, -0.2) is 64.3 Å². The van der Waals surface area contributed by atoms with E-state index in [9.17, 15) is 4.79 Å². The smallest absolute Gasteiger partial charge is 0.238 e. The molecule has 1 aliphatic rings. The molecule has 0 spiro atoms. The van der Waals surface area contributed by atoms with Gasteiger partial charge in [0.15, 0.2) is 0 Å². The van der Waals surface area contributed by atoms with Crippen molar-refractivity contribution in [2.75, 3.05) is 26.7 Å². The Morgan fingerprint density at radius 1 is 1.50 bits per heavy atom. The summed E-state index contributed by atoms with van der Waals surface area (Å²) in [6.45, 7) is 7.83. The van der Waals surface area contributed by atoms with E-state index in [1.165, 1.54) is 0 Å². The van der Waals surface area contributed by atoms with Gasteiger partial charge < -0.3 is 5.32 Å². The van der Waals surface area contributed by atoms with Crippen molar-refractivity contribution >= 4 is 5.91 Å². The number of likely N-dealkylation sites (N-methyl/N-ethyl adjacent to an activating group) is 1. The van der Waals surface area contributed by atoms with Crippen LogP contribution in [0.3, 0.4) is 0 Å². The van der Waals surface area contributed by atoms with Crippen molar-refractivity contribution in [3.8, 4) is 0 Å². The van der Waals surface area contributed by atoms with Gasteiger partial charge in [-0.25, -0.2) is 0 Å². The van der Waals surface area contributed by atoms with Gasteiger partial charge in [-0.1, -0.05) is 0 Å². The number of aromatic nitrogens is 2. The van der Waals surface area contributed by atoms with E-state index >= 15 is 0 Å². The highest BCUT2D eigenvalue weighted by atomic mass is 16.2. The molecule has 0 bridgehead atoms. The Labute approximate surface area is 120 Å². The Morgan fingerprint density at radius 3 is 2.80 bits per heavy atom. The molecule has 0 aromatic carbocycles. The first kappa shape index (κ1) is 15.0. The summed E-state index contributed by atoms with van der Waals surface area (Å²) >= 11 is 0. The first-order valence-electron chi connectivity index (χ1n) is 7.18. The number of hydrogen-bond donors (Lipinski definition) is 1. The van der Waals surface area contributed by atoms with Crippen LogP contribution in [0.25, 0.3) is 0 Å². The van der Waals surface area contributed by atoms with E-state index in [0.29, 0.717) is 6.04 Å². The normalized spacial score (nSPS) is 21.4. The lowest BCUT2D eigenvalue weighted by molar-refractivity contribution is -0.129. The van der Waals surface area contributed by atoms with E-state index in [1.807, 2.05) is 19.4 Å². The maximum Gasteiger partial charge on any atom is 0.238 e. The molecule has 1 N–H and O–H groups in total. The molecule has 1 atom stereocenters. The van der Waals surface area contributed by atoms with E-state index in [0.717, 1.165) is 31.7 Å². The summed E-state index contributed by atoms with van der Waals surface area (Å²) < 4.78 is 1.80. The zero-order valence-corrected chi connectivity index (χ0v) is 12.8. The molecule has 2 rings (SSSR count). The third-order valence-electron chi connectivity index (χ3n) is 3.95. The van der Waals surface area contributed by atoms with Gasteiger partial charge in [-0.3, -0.25) is 19.3 Å². The summed E-state index contributed by atoms with van der Waals surface area (Å²) in [4.78, 5) is 16.7. The predicted octanol–water partition coefficient (Wildman–Crippen LogP) is 0.0607. The molecule has 1 aromatic heterocycles. The molecule has 1 amide bonds. The maximum absolute atomic E-state index is 12.1. The fourth-order valence-corrected chi connectivity index (χ4v) is 2.70. The molecule has 0 saturated carbocycles. The Balaban J connectivity index is 2.08. The van der Waals surface area contributed by atoms with E-state index in [2.05, 4.69) is 34.1 Å². The summed E-state index contributed by atoms with van der Waals surface area (Å²) in [6, 6.07) is 0.388. The second-order valence-corrected chi connectivity index (χ2v) is 5.71. The molecule has 1 fully saturated rings. The molecule has 0 radical (unpaired) electrons. The number of nitrogens with zero attached hydrogens (tertiary/aromatic N) is 4. The van der Waals surface area contributed by atoms with Gasteiger partial charge >= 0.3 is 0 Å². The van der Waals surface area contributed by atoms with E-state index in [4.69, 9.17) is 0 Å². The Hall–Kier alpha value is -1.40. The number of hydrogen-bond acceptors (Lipinski definition) is 4. The number of carbonyl (C=O) groups excluding carboxylic acids is 1. The monoisotopic (exact) mass is 279 g/mol. The minimum atomic E-state index is -0.0867. The van der Waals surface area contributed by atoms with Gasteiger partial charge in [-0.2, -0.15) is 5.10 Å². The van der Waals surface area contributed by atoms with Crippen molar-refractivity contribution in [2.24, 2.45) is 7.05 Å². The van der Waals surface area contributed by atoms with Crippen molar-refractivity contribution in [2.45, 2.75) is 32.5 Å². The fourth-order valence-electron chi connectivity index (χ4n) is 2.70. The highest BCUT2D eigenvalue weighted by Crippen LogP contribution is 2.16. The summed E-state index contributed by atoms with van der Waals surface area (Å²) in [5.41, 5.74) is 1.15. The van der Waals surface area contributed by atoms with Crippen LogP contribution >= 0.6 is 0 Å². The lowest BCUT2D eigenvalue weighted by atomic mass is 10.1. The van der Waals surface area contributed by atoms with Gasteiger partial charge in [0, 0.05) is 58.1 Å². The minimum absolute atomic E-state index is 0.0867. The molecule has 112 valence electrons. The first-order chi connectivity index (χ1) is 9.51. The van der Waals surface area contributed by atoms with Gasteiger partial charge in [0.2, 0.25) is 5.91 Å². The zero-order chi connectivity index (χ0) is 14.7. The number of rotatable bonds is 4. The third kappa shape index (κ3) is 3.37. The van der Waals surface area contributed by atoms with Crippen molar-refractivity contribution in [3.05, 3.63) is 18.0 Å². The summed E-state index contributed by atoms with van der Waals surface area (Å²) in [6.07, 6.45) is 3.88. The molecule has 2 heterocycles. The van der Waals surface area contributed by atoms with Crippen LogP contribution in [0.2, 0.25) is 0 Å². The van der Waals surface area contributed by atoms with Crippen molar-refractivity contribution in [1.82, 2.24) is 24.9 Å². The predicted molar refractivity (Wildman–Crippen MR) is 78.2 cm³/mol. The maximum atomic E-state index is 12.1. The molecule has 6 nitrogen and oxygen atoms in total. The SMILES string of the molecule is CNC(=O)[C@@H]1CN(C(C)C)CCN1Cc1cnn(C)c1. The zero-order valence-electron chi connectivity index (χ0n) is 12.8. The van der Waals surface area contributed by atoms with Crippen molar-refractivity contribution in [3.63, 3.8) is 0 Å². The first-order valence-corrected chi connectivity index (χ1v) is 7.18. The standard InChI is InChI=1S/C14H25N5O/c1-11(2)18-5-6-19(13(10-18)14(20)15-3)9-12-7-16-17(4)8-12/h7-8,11,13H,5-6,9-10H2,1-4H3,(H,15,20)/t13-/m0/s1. The molecule has 1 saturated heterocycles. The van der Waals surface area contributed by atoms with Crippen LogP contribution in [0.4, 0.5) is 0 Å². The van der Waals surface area contributed by atoms with E-state index < -0.39 is 0 Å². The van der Waals surface area contributed by atoms with Crippen molar-refractivity contribution in [1.29, 1.82) is 0 Å². The second kappa shape index (κ2) is 6.37. The average Bonchev–Trinajstić information content (AvgIpc) is 2.83. The van der Waals surface area contributed by atoms with Crippen LogP contribution in [-0.2, 0) is 18.4 Å². The topological polar surface area (TPSA) is 53.4 Å². The van der Waals surface area contributed by atoms with Crippen LogP contribution in [0.5, 0.6) is 0 Å². The largest absolute Gasteiger partial charge is 0.358 e. The molecular weight excluding hydrogens is 254 g/mol. The Morgan fingerprint density at radius 2 is 2.25 bits per heavy atom. The van der Waals surface area contributed by atoms with Gasteiger partial charge in [0.05, 0.1) is 6.20 Å². The fraction of sp³-hybridized carbons (Fsp3) is 0.714. The second-order valence-electron chi connectivity index (χ2n) is 5.71. The number of piperazine rings is 1. The molecule has 0 aliphatic carbocycles. The minimum Gasteiger partial charge on any atom is -0.358 e. The number of carbonyl (C=O) groups is 1. The van der Waals surface area contributed by atoms with E-state index in [1.54, 1.807) is 11.7 Å². The van der Waals surface area contributed by atoms with Gasteiger partial charge in [-0.15, -0.1) is 0 Å². The molecule has 20 heavy (non-hydrogen) atoms. The molecular formula is C14H25N5O. The summed E-state index contributed by atoms with van der Waals surface area (Å²) in [5.74, 6) is 0.0965. The van der Waals surface area contributed by atoms with Gasteiger partial charge in [0.25, 0.3) is 0 Å². The highest BCUT2D eigenvalue weighted by molar-refractivity contribution is 5.81. The van der Waals surface area contributed by atoms with E-state index in [-0.39, 0.29) is 11.9 Å². The molecule has 1 aromatic rings. The number of nitrogens with one attached hydrogen (secondary N) is 1. The third-order valence-corrected chi connectivity index (χ3v) is 3.95. The highest BCUT2D eigenvalue weighted by Gasteiger charge is 2.32. The Kier molecular flexibility index (Phi) is 4.77. The number of amides is 1. The van der Waals surface area contributed by atoms with Crippen LogP contribution in [0.15, 0.2) is 12.4 Å². The van der Waals surface area contributed by atoms with Crippen molar-refractivity contribution < 1.29 is 4.79 Å². The van der Waals surface area contributed by atoms with Crippen LogP contribution < -0.4 is 5.32 Å².